The number of halogens is 1. The van der Waals surface area contributed by atoms with Gasteiger partial charge < -0.3 is 14.4 Å². The highest BCUT2D eigenvalue weighted by Crippen LogP contribution is 2.19. The maximum atomic E-state index is 13.4. The largest absolute Gasteiger partial charge is 0.482 e. The summed E-state index contributed by atoms with van der Waals surface area (Å²) in [5, 5.41) is 12.1. The average molecular weight is 237 g/mol. The molecule has 0 atom stereocenters. The van der Waals surface area contributed by atoms with Crippen LogP contribution in [0, 0.1) is 5.82 Å². The van der Waals surface area contributed by atoms with Crippen molar-refractivity contribution in [2.45, 2.75) is 6.61 Å². The van der Waals surface area contributed by atoms with Crippen molar-refractivity contribution in [1.29, 1.82) is 0 Å². The number of hydrogen-bond donors (Lipinski definition) is 1. The van der Waals surface area contributed by atoms with Gasteiger partial charge in [-0.05, 0) is 18.2 Å². The first-order chi connectivity index (χ1) is 8.16. The summed E-state index contributed by atoms with van der Waals surface area (Å²) < 4.78 is 23.3. The van der Waals surface area contributed by atoms with Gasteiger partial charge in [-0.25, -0.2) is 9.18 Å². The zero-order chi connectivity index (χ0) is 12.3. The van der Waals surface area contributed by atoms with E-state index in [2.05, 4.69) is 5.16 Å². The molecular formula is C11H8FNO4. The molecule has 5 nitrogen and oxygen atoms in total. The molecule has 0 saturated carbocycles. The lowest BCUT2D eigenvalue weighted by Crippen LogP contribution is -2.00. The van der Waals surface area contributed by atoms with E-state index in [-0.39, 0.29) is 17.9 Å². The summed E-state index contributed by atoms with van der Waals surface area (Å²) in [7, 11) is 0. The Morgan fingerprint density at radius 2 is 2.29 bits per heavy atom. The first-order valence-electron chi connectivity index (χ1n) is 4.72. The Kier molecular flexibility index (Phi) is 3.04. The van der Waals surface area contributed by atoms with Crippen LogP contribution in [-0.4, -0.2) is 16.2 Å². The van der Waals surface area contributed by atoms with Crippen LogP contribution in [0.25, 0.3) is 0 Å². The molecule has 1 heterocycles. The van der Waals surface area contributed by atoms with E-state index in [0.717, 1.165) is 6.07 Å². The van der Waals surface area contributed by atoms with Gasteiger partial charge in [-0.15, -0.1) is 0 Å². The minimum Gasteiger partial charge on any atom is -0.482 e. The van der Waals surface area contributed by atoms with E-state index in [0.29, 0.717) is 5.76 Å². The van der Waals surface area contributed by atoms with Crippen molar-refractivity contribution in [2.24, 2.45) is 0 Å². The summed E-state index contributed by atoms with van der Waals surface area (Å²) in [6.07, 6.45) is 1.45. The van der Waals surface area contributed by atoms with Crippen molar-refractivity contribution in [2.75, 3.05) is 0 Å². The monoisotopic (exact) mass is 237 g/mol. The molecule has 0 saturated heterocycles. The van der Waals surface area contributed by atoms with Crippen LogP contribution in [0.1, 0.15) is 16.1 Å². The van der Waals surface area contributed by atoms with Gasteiger partial charge in [0, 0.05) is 6.07 Å². The van der Waals surface area contributed by atoms with Crippen molar-refractivity contribution in [1.82, 2.24) is 5.16 Å². The molecule has 0 unspecified atom stereocenters. The number of benzene rings is 1. The average Bonchev–Trinajstić information content (AvgIpc) is 2.80. The lowest BCUT2D eigenvalue weighted by atomic mass is 10.2. The van der Waals surface area contributed by atoms with Gasteiger partial charge in [-0.2, -0.15) is 0 Å². The molecule has 1 aromatic carbocycles. The third-order valence-corrected chi connectivity index (χ3v) is 2.04. The number of carboxylic acid groups (broad SMARTS) is 1. The Morgan fingerprint density at radius 1 is 1.47 bits per heavy atom. The van der Waals surface area contributed by atoms with Crippen LogP contribution in [0.15, 0.2) is 35.0 Å². The van der Waals surface area contributed by atoms with Gasteiger partial charge in [0.2, 0.25) is 0 Å². The molecule has 1 N–H and O–H groups in total. The summed E-state index contributed by atoms with van der Waals surface area (Å²) in [5.74, 6) is -1.51. The number of aromatic nitrogens is 1. The van der Waals surface area contributed by atoms with Crippen LogP contribution in [-0.2, 0) is 6.61 Å². The number of nitrogens with zero attached hydrogens (tertiary/aromatic N) is 1. The highest BCUT2D eigenvalue weighted by atomic mass is 19.1. The van der Waals surface area contributed by atoms with Crippen LogP contribution in [0.5, 0.6) is 5.75 Å². The molecule has 88 valence electrons. The van der Waals surface area contributed by atoms with Crippen LogP contribution < -0.4 is 4.74 Å². The van der Waals surface area contributed by atoms with E-state index in [1.54, 1.807) is 6.07 Å². The Hall–Kier alpha value is -2.37. The third kappa shape index (κ3) is 2.60. The second kappa shape index (κ2) is 4.65. The molecule has 17 heavy (non-hydrogen) atoms. The number of carboxylic acids is 1. The highest BCUT2D eigenvalue weighted by molar-refractivity contribution is 5.87. The van der Waals surface area contributed by atoms with E-state index in [4.69, 9.17) is 14.4 Å². The van der Waals surface area contributed by atoms with Gasteiger partial charge in [0.1, 0.15) is 6.61 Å². The standard InChI is InChI=1S/C11H8FNO4/c12-9-5-7(11(14)15)1-2-10(9)16-6-8-3-4-13-17-8/h1-5H,6H2,(H,14,15). The molecule has 2 aromatic rings. The van der Waals surface area contributed by atoms with Gasteiger partial charge >= 0.3 is 5.97 Å². The summed E-state index contributed by atoms with van der Waals surface area (Å²) in [6.45, 7) is 0.0311. The molecular weight excluding hydrogens is 229 g/mol. The van der Waals surface area contributed by atoms with Crippen molar-refractivity contribution in [3.05, 3.63) is 47.6 Å². The number of aromatic carboxylic acids is 1. The quantitative estimate of drug-likeness (QED) is 0.881. The lowest BCUT2D eigenvalue weighted by Gasteiger charge is -2.05. The molecule has 6 heteroatoms. The molecule has 0 fully saturated rings. The number of rotatable bonds is 4. The second-order valence-electron chi connectivity index (χ2n) is 3.22. The number of carbonyl (C=O) groups is 1. The molecule has 2 rings (SSSR count). The van der Waals surface area contributed by atoms with E-state index in [1.807, 2.05) is 0 Å². The van der Waals surface area contributed by atoms with E-state index in [9.17, 15) is 9.18 Å². The Morgan fingerprint density at radius 3 is 2.88 bits per heavy atom. The van der Waals surface area contributed by atoms with E-state index < -0.39 is 11.8 Å². The fourth-order valence-corrected chi connectivity index (χ4v) is 1.22. The Balaban J connectivity index is 2.09. The predicted octanol–water partition coefficient (Wildman–Crippen LogP) is 2.09. The van der Waals surface area contributed by atoms with Crippen molar-refractivity contribution in [3.63, 3.8) is 0 Å². The van der Waals surface area contributed by atoms with Crippen molar-refractivity contribution >= 4 is 5.97 Å². The third-order valence-electron chi connectivity index (χ3n) is 2.04. The first kappa shape index (κ1) is 11.1. The first-order valence-corrected chi connectivity index (χ1v) is 4.72. The van der Waals surface area contributed by atoms with E-state index >= 15 is 0 Å². The maximum absolute atomic E-state index is 13.4. The van der Waals surface area contributed by atoms with Crippen LogP contribution in [0.4, 0.5) is 4.39 Å². The fraction of sp³-hybridized carbons (Fsp3) is 0.0909. The summed E-state index contributed by atoms with van der Waals surface area (Å²) in [6, 6.07) is 5.01. The number of ether oxygens (including phenoxy) is 1. The Labute approximate surface area is 95.4 Å². The predicted molar refractivity (Wildman–Crippen MR) is 54.2 cm³/mol. The smallest absolute Gasteiger partial charge is 0.335 e. The van der Waals surface area contributed by atoms with Crippen LogP contribution >= 0.6 is 0 Å². The topological polar surface area (TPSA) is 72.6 Å². The van der Waals surface area contributed by atoms with E-state index in [1.165, 1.54) is 18.3 Å². The summed E-state index contributed by atoms with van der Waals surface area (Å²) in [5.41, 5.74) is -0.130. The van der Waals surface area contributed by atoms with Crippen molar-refractivity contribution in [3.8, 4) is 5.75 Å². The minimum atomic E-state index is -1.19. The summed E-state index contributed by atoms with van der Waals surface area (Å²) in [4.78, 5) is 10.6. The van der Waals surface area contributed by atoms with Gasteiger partial charge in [0.05, 0.1) is 11.8 Å². The molecule has 0 radical (unpaired) electrons. The van der Waals surface area contributed by atoms with Gasteiger partial charge in [0.15, 0.2) is 17.3 Å². The second-order valence-corrected chi connectivity index (χ2v) is 3.22. The highest BCUT2D eigenvalue weighted by Gasteiger charge is 2.09. The molecule has 0 spiro atoms. The Bertz CT molecular complexity index is 524. The fourth-order valence-electron chi connectivity index (χ4n) is 1.22. The zero-order valence-corrected chi connectivity index (χ0v) is 8.59. The molecule has 0 aliphatic rings. The maximum Gasteiger partial charge on any atom is 0.335 e. The van der Waals surface area contributed by atoms with Crippen molar-refractivity contribution < 1.29 is 23.6 Å². The van der Waals surface area contributed by atoms with Gasteiger partial charge in [0.25, 0.3) is 0 Å². The normalized spacial score (nSPS) is 10.2. The summed E-state index contributed by atoms with van der Waals surface area (Å²) >= 11 is 0. The molecule has 0 amide bonds. The molecule has 0 bridgehead atoms. The molecule has 1 aromatic heterocycles. The lowest BCUT2D eigenvalue weighted by molar-refractivity contribution is 0.0696. The molecule has 0 aliphatic heterocycles. The number of hydrogen-bond acceptors (Lipinski definition) is 4. The molecule has 0 aliphatic carbocycles. The SMILES string of the molecule is O=C(O)c1ccc(OCc2ccno2)c(F)c1. The minimum absolute atomic E-state index is 0.0311. The van der Waals surface area contributed by atoms with Gasteiger partial charge in [-0.1, -0.05) is 5.16 Å². The van der Waals surface area contributed by atoms with Crippen LogP contribution in [0.2, 0.25) is 0 Å². The zero-order valence-electron chi connectivity index (χ0n) is 8.59. The van der Waals surface area contributed by atoms with Gasteiger partial charge in [-0.3, -0.25) is 0 Å². The van der Waals surface area contributed by atoms with Crippen LogP contribution in [0.3, 0.4) is 0 Å².